The lowest BCUT2D eigenvalue weighted by Crippen LogP contribution is -2.52. The van der Waals surface area contributed by atoms with Gasteiger partial charge in [-0.25, -0.2) is 0 Å². The normalized spacial score (nSPS) is 25.8. The molecular formula is C36H33NO7. The zero-order valence-electron chi connectivity index (χ0n) is 24.4. The highest BCUT2D eigenvalue weighted by molar-refractivity contribution is 6.06. The summed E-state index contributed by atoms with van der Waals surface area (Å²) in [5.74, 6) is -0.733. The van der Waals surface area contributed by atoms with E-state index in [1.807, 2.05) is 109 Å². The zero-order chi connectivity index (χ0) is 30.4. The molecule has 3 aliphatic rings. The van der Waals surface area contributed by atoms with Gasteiger partial charge in [0.1, 0.15) is 29.3 Å². The highest BCUT2D eigenvalue weighted by atomic mass is 16.6. The Hall–Kier alpha value is -4.50. The second-order valence-electron chi connectivity index (χ2n) is 11.4. The monoisotopic (exact) mass is 591 g/mol. The summed E-state index contributed by atoms with van der Waals surface area (Å²) in [5.41, 5.74) is 2.05. The smallest absolute Gasteiger partial charge is 0.236 e. The predicted octanol–water partition coefficient (Wildman–Crippen LogP) is 4.32. The van der Waals surface area contributed by atoms with Gasteiger partial charge >= 0.3 is 0 Å². The summed E-state index contributed by atoms with van der Waals surface area (Å²) >= 11 is 0. The second kappa shape index (κ2) is 11.2. The average Bonchev–Trinajstić information content (AvgIpc) is 3.70. The molecule has 2 amide bonds. The summed E-state index contributed by atoms with van der Waals surface area (Å²) < 4.78 is 24.3. The number of likely N-dealkylation sites (tertiary alicyclic amines) is 1. The topological polar surface area (TPSA) is 94.5 Å². The average molecular weight is 592 g/mol. The molecule has 3 aliphatic heterocycles. The summed E-state index contributed by atoms with van der Waals surface area (Å²) in [7, 11) is 3.22. The van der Waals surface area contributed by atoms with Crippen LogP contribution in [0.2, 0.25) is 0 Å². The van der Waals surface area contributed by atoms with Crippen molar-refractivity contribution in [2.45, 2.75) is 36.6 Å². The van der Waals surface area contributed by atoms with Crippen molar-refractivity contribution in [3.8, 4) is 11.5 Å². The van der Waals surface area contributed by atoms with Crippen LogP contribution in [0.5, 0.6) is 11.5 Å². The van der Waals surface area contributed by atoms with Crippen molar-refractivity contribution in [2.75, 3.05) is 14.2 Å². The van der Waals surface area contributed by atoms with Crippen molar-refractivity contribution < 1.29 is 33.6 Å². The van der Waals surface area contributed by atoms with E-state index in [0.717, 1.165) is 22.3 Å². The number of carbonyl (C=O) groups excluding carboxylic acids is 2. The number of rotatable bonds is 9. The Morgan fingerprint density at radius 3 is 1.68 bits per heavy atom. The number of methoxy groups -OCH3 is 2. The molecule has 0 aliphatic carbocycles. The van der Waals surface area contributed by atoms with E-state index in [2.05, 4.69) is 0 Å². The largest absolute Gasteiger partial charge is 0.497 e. The molecular weight excluding hydrogens is 558 g/mol. The van der Waals surface area contributed by atoms with E-state index in [-0.39, 0.29) is 18.4 Å². The van der Waals surface area contributed by atoms with Gasteiger partial charge in [0.2, 0.25) is 11.8 Å². The van der Waals surface area contributed by atoms with Crippen LogP contribution in [0.1, 0.15) is 22.3 Å². The number of imide groups is 1. The lowest BCUT2D eigenvalue weighted by molar-refractivity contribution is -0.145. The molecule has 0 radical (unpaired) electrons. The van der Waals surface area contributed by atoms with E-state index >= 15 is 0 Å². The molecule has 1 N–H and O–H groups in total. The van der Waals surface area contributed by atoms with Gasteiger partial charge in [0, 0.05) is 0 Å². The third-order valence-electron chi connectivity index (χ3n) is 9.18. The number of hydrogen-bond acceptors (Lipinski definition) is 7. The first-order valence-corrected chi connectivity index (χ1v) is 14.7. The minimum absolute atomic E-state index is 0.179. The molecule has 6 unspecified atom stereocenters. The molecule has 2 bridgehead atoms. The molecule has 4 aromatic carbocycles. The number of carbonyl (C=O) groups is 2. The van der Waals surface area contributed by atoms with E-state index in [4.69, 9.17) is 18.9 Å². The van der Waals surface area contributed by atoms with Gasteiger partial charge in [0.25, 0.3) is 0 Å². The first kappa shape index (κ1) is 28.3. The zero-order valence-corrected chi connectivity index (χ0v) is 24.4. The fourth-order valence-electron chi connectivity index (χ4n) is 7.06. The Labute approximate surface area is 255 Å². The van der Waals surface area contributed by atoms with Gasteiger partial charge in [0.05, 0.1) is 44.8 Å². The SMILES string of the molecule is COc1ccc(C(OC2C(O)C3OC2C2C(=O)N(Cc4ccccc4)C(=O)C32)(c2ccccc2)c2ccc(OC)cc2)cc1. The number of benzene rings is 4. The Morgan fingerprint density at radius 2 is 1.16 bits per heavy atom. The van der Waals surface area contributed by atoms with Gasteiger partial charge in [-0.1, -0.05) is 84.9 Å². The van der Waals surface area contributed by atoms with Crippen molar-refractivity contribution in [1.29, 1.82) is 0 Å². The van der Waals surface area contributed by atoms with Gasteiger partial charge in [0.15, 0.2) is 0 Å². The predicted molar refractivity (Wildman–Crippen MR) is 161 cm³/mol. The van der Waals surface area contributed by atoms with Crippen LogP contribution < -0.4 is 9.47 Å². The number of aliphatic hydroxyl groups excluding tert-OH is 1. The molecule has 0 saturated carbocycles. The van der Waals surface area contributed by atoms with Crippen LogP contribution in [0.3, 0.4) is 0 Å². The van der Waals surface area contributed by atoms with Gasteiger partial charge < -0.3 is 24.1 Å². The Balaban J connectivity index is 1.31. The fourth-order valence-corrected chi connectivity index (χ4v) is 7.06. The van der Waals surface area contributed by atoms with Crippen LogP contribution in [0.15, 0.2) is 109 Å². The Morgan fingerprint density at radius 1 is 0.682 bits per heavy atom. The molecule has 8 heteroatoms. The number of aliphatic hydroxyl groups is 1. The maximum Gasteiger partial charge on any atom is 0.236 e. The van der Waals surface area contributed by atoms with E-state index < -0.39 is 41.9 Å². The minimum Gasteiger partial charge on any atom is -0.497 e. The third kappa shape index (κ3) is 4.40. The summed E-state index contributed by atoms with van der Waals surface area (Å²) in [6.07, 6.45) is -3.70. The quantitative estimate of drug-likeness (QED) is 0.229. The van der Waals surface area contributed by atoms with E-state index in [9.17, 15) is 14.7 Å². The van der Waals surface area contributed by atoms with Gasteiger partial charge in [-0.05, 0) is 46.5 Å². The highest BCUT2D eigenvalue weighted by Gasteiger charge is 2.70. The first-order chi connectivity index (χ1) is 21.5. The van der Waals surface area contributed by atoms with Crippen molar-refractivity contribution >= 4 is 11.8 Å². The van der Waals surface area contributed by atoms with Gasteiger partial charge in [-0.15, -0.1) is 0 Å². The van der Waals surface area contributed by atoms with E-state index in [0.29, 0.717) is 11.5 Å². The number of amides is 2. The molecule has 3 fully saturated rings. The van der Waals surface area contributed by atoms with Crippen LogP contribution >= 0.6 is 0 Å². The number of ether oxygens (including phenoxy) is 4. The van der Waals surface area contributed by atoms with Crippen LogP contribution in [0.4, 0.5) is 0 Å². The van der Waals surface area contributed by atoms with E-state index in [1.165, 1.54) is 4.90 Å². The molecule has 44 heavy (non-hydrogen) atoms. The summed E-state index contributed by atoms with van der Waals surface area (Å²) in [6, 6.07) is 34.4. The standard InChI is InChI=1S/C36H33NO7/c1-41-26-17-13-24(14-18-26)36(23-11-7-4-8-12-23,25-15-19-27(42-2)20-16-25)44-33-30(38)31-28-29(32(33)43-31)35(40)37(34(28)39)21-22-9-5-3-6-10-22/h3-20,28-33,38H,21H2,1-2H3. The van der Waals surface area contributed by atoms with E-state index in [1.54, 1.807) is 14.2 Å². The van der Waals surface area contributed by atoms with Crippen LogP contribution in [0, 0.1) is 11.8 Å². The second-order valence-corrected chi connectivity index (χ2v) is 11.4. The molecule has 224 valence electrons. The van der Waals surface area contributed by atoms with Gasteiger partial charge in [-0.3, -0.25) is 14.5 Å². The molecule has 8 nitrogen and oxygen atoms in total. The Bertz CT molecular complexity index is 1590. The first-order valence-electron chi connectivity index (χ1n) is 14.7. The molecule has 0 aromatic heterocycles. The maximum absolute atomic E-state index is 13.8. The van der Waals surface area contributed by atoms with Crippen molar-refractivity contribution in [1.82, 2.24) is 4.90 Å². The van der Waals surface area contributed by atoms with Crippen LogP contribution in [0.25, 0.3) is 0 Å². The Kier molecular flexibility index (Phi) is 7.20. The number of hydrogen-bond donors (Lipinski definition) is 1. The highest BCUT2D eigenvalue weighted by Crippen LogP contribution is 2.53. The summed E-state index contributed by atoms with van der Waals surface area (Å²) in [5, 5.41) is 11.7. The summed E-state index contributed by atoms with van der Waals surface area (Å²) in [4.78, 5) is 28.7. The molecule has 0 spiro atoms. The molecule has 7 rings (SSSR count). The fraction of sp³-hybridized carbons (Fsp3) is 0.278. The molecule has 3 saturated heterocycles. The van der Waals surface area contributed by atoms with Crippen molar-refractivity contribution in [2.24, 2.45) is 11.8 Å². The van der Waals surface area contributed by atoms with Crippen LogP contribution in [-0.4, -0.2) is 60.5 Å². The minimum atomic E-state index is -1.22. The van der Waals surface area contributed by atoms with Crippen molar-refractivity contribution in [3.05, 3.63) is 131 Å². The molecule has 3 heterocycles. The molecule has 6 atom stereocenters. The molecule has 4 aromatic rings. The maximum atomic E-state index is 13.8. The number of fused-ring (bicyclic) bond motifs is 5. The van der Waals surface area contributed by atoms with Gasteiger partial charge in [-0.2, -0.15) is 0 Å². The van der Waals surface area contributed by atoms with Crippen LogP contribution in [-0.2, 0) is 31.2 Å². The third-order valence-corrected chi connectivity index (χ3v) is 9.18. The van der Waals surface area contributed by atoms with Crippen molar-refractivity contribution in [3.63, 3.8) is 0 Å². The lowest BCUT2D eigenvalue weighted by Gasteiger charge is -2.41. The lowest BCUT2D eigenvalue weighted by atomic mass is 9.76. The summed E-state index contributed by atoms with van der Waals surface area (Å²) in [6.45, 7) is 0.179. The number of nitrogens with zero attached hydrogens (tertiary/aromatic N) is 1.